The number of aliphatic hydroxyl groups is 1. The van der Waals surface area contributed by atoms with Crippen molar-refractivity contribution in [2.24, 2.45) is 0 Å². The standard InChI is InChI=1S/C15H21N3O3S/c1-2-12-7-13-14(22-12)16-10-18(15(13)20)9-11(19)8-17-3-5-21-6-4-17/h7,10-11,19H,2-6,8-9H2,1H3/t11-/m0/s1. The first-order chi connectivity index (χ1) is 10.7. The van der Waals surface area contributed by atoms with E-state index >= 15 is 0 Å². The quantitative estimate of drug-likeness (QED) is 0.878. The van der Waals surface area contributed by atoms with E-state index in [2.05, 4.69) is 16.8 Å². The van der Waals surface area contributed by atoms with Gasteiger partial charge in [0.1, 0.15) is 4.83 Å². The summed E-state index contributed by atoms with van der Waals surface area (Å²) in [5.41, 5.74) is -0.0676. The number of nitrogens with zero attached hydrogens (tertiary/aromatic N) is 3. The van der Waals surface area contributed by atoms with E-state index in [0.29, 0.717) is 25.1 Å². The third kappa shape index (κ3) is 3.38. The van der Waals surface area contributed by atoms with Crippen molar-refractivity contribution < 1.29 is 9.84 Å². The number of morpholine rings is 1. The van der Waals surface area contributed by atoms with Crippen LogP contribution in [0.3, 0.4) is 0 Å². The molecule has 2 aromatic heterocycles. The molecule has 2 aromatic rings. The highest BCUT2D eigenvalue weighted by Gasteiger charge is 2.16. The van der Waals surface area contributed by atoms with Gasteiger partial charge in [-0.1, -0.05) is 6.92 Å². The van der Waals surface area contributed by atoms with Crippen LogP contribution in [-0.2, 0) is 17.7 Å². The summed E-state index contributed by atoms with van der Waals surface area (Å²) in [7, 11) is 0. The van der Waals surface area contributed by atoms with Crippen molar-refractivity contribution in [2.45, 2.75) is 26.0 Å². The predicted octanol–water partition coefficient (Wildman–Crippen LogP) is 0.714. The number of thiophene rings is 1. The zero-order valence-electron chi connectivity index (χ0n) is 12.7. The third-order valence-corrected chi connectivity index (χ3v) is 5.09. The minimum atomic E-state index is -0.584. The lowest BCUT2D eigenvalue weighted by atomic mass is 10.3. The Morgan fingerprint density at radius 1 is 1.41 bits per heavy atom. The predicted molar refractivity (Wildman–Crippen MR) is 86.5 cm³/mol. The number of β-amino-alcohol motifs (C(OH)–C–C–N with tert-alkyl or cyclic N) is 1. The largest absolute Gasteiger partial charge is 0.390 e. The highest BCUT2D eigenvalue weighted by Crippen LogP contribution is 2.21. The number of hydrogen-bond acceptors (Lipinski definition) is 6. The molecule has 0 unspecified atom stereocenters. The average molecular weight is 323 g/mol. The number of aliphatic hydroxyl groups excluding tert-OH is 1. The molecule has 1 aliphatic heterocycles. The second kappa shape index (κ2) is 6.87. The van der Waals surface area contributed by atoms with Crippen LogP contribution >= 0.6 is 11.3 Å². The Morgan fingerprint density at radius 3 is 2.91 bits per heavy atom. The minimum absolute atomic E-state index is 0.0676. The van der Waals surface area contributed by atoms with Crippen LogP contribution in [0.1, 0.15) is 11.8 Å². The van der Waals surface area contributed by atoms with Gasteiger partial charge >= 0.3 is 0 Å². The van der Waals surface area contributed by atoms with Crippen molar-refractivity contribution in [3.63, 3.8) is 0 Å². The molecule has 0 saturated carbocycles. The van der Waals surface area contributed by atoms with Gasteiger partial charge in [0.25, 0.3) is 5.56 Å². The fraction of sp³-hybridized carbons (Fsp3) is 0.600. The maximum Gasteiger partial charge on any atom is 0.262 e. The fourth-order valence-corrected chi connectivity index (χ4v) is 3.61. The molecular formula is C15H21N3O3S. The Morgan fingerprint density at radius 2 is 2.18 bits per heavy atom. The zero-order valence-corrected chi connectivity index (χ0v) is 13.5. The van der Waals surface area contributed by atoms with Gasteiger partial charge in [-0.25, -0.2) is 4.98 Å². The number of aryl methyl sites for hydroxylation is 1. The van der Waals surface area contributed by atoms with E-state index in [1.165, 1.54) is 4.57 Å². The van der Waals surface area contributed by atoms with Gasteiger partial charge in [-0.2, -0.15) is 0 Å². The number of aromatic nitrogens is 2. The van der Waals surface area contributed by atoms with Gasteiger partial charge in [0, 0.05) is 24.5 Å². The van der Waals surface area contributed by atoms with Gasteiger partial charge in [-0.05, 0) is 12.5 Å². The summed E-state index contributed by atoms with van der Waals surface area (Å²) in [4.78, 5) is 20.9. The molecule has 1 N–H and O–H groups in total. The highest BCUT2D eigenvalue weighted by atomic mass is 32.1. The lowest BCUT2D eigenvalue weighted by Crippen LogP contribution is -2.42. The Hall–Kier alpha value is -1.28. The Balaban J connectivity index is 1.72. The van der Waals surface area contributed by atoms with Crippen LogP contribution in [0.2, 0.25) is 0 Å². The highest BCUT2D eigenvalue weighted by molar-refractivity contribution is 7.18. The van der Waals surface area contributed by atoms with Gasteiger partial charge < -0.3 is 9.84 Å². The number of ether oxygens (including phenoxy) is 1. The smallest absolute Gasteiger partial charge is 0.262 e. The molecule has 6 nitrogen and oxygen atoms in total. The van der Waals surface area contributed by atoms with E-state index in [0.717, 1.165) is 29.2 Å². The number of fused-ring (bicyclic) bond motifs is 1. The Bertz CT molecular complexity index is 691. The molecule has 0 spiro atoms. The number of rotatable bonds is 5. The molecular weight excluding hydrogens is 302 g/mol. The maximum atomic E-state index is 12.5. The third-order valence-electron chi connectivity index (χ3n) is 3.90. The molecule has 0 bridgehead atoms. The first-order valence-electron chi connectivity index (χ1n) is 7.63. The molecule has 0 aromatic carbocycles. The molecule has 22 heavy (non-hydrogen) atoms. The molecule has 7 heteroatoms. The Kier molecular flexibility index (Phi) is 4.87. The van der Waals surface area contributed by atoms with Crippen molar-refractivity contribution in [1.29, 1.82) is 0 Å². The van der Waals surface area contributed by atoms with Crippen molar-refractivity contribution >= 4 is 21.6 Å². The normalized spacial score (nSPS) is 17.9. The Labute approximate surface area is 133 Å². The van der Waals surface area contributed by atoms with Crippen LogP contribution < -0.4 is 5.56 Å². The van der Waals surface area contributed by atoms with Gasteiger partial charge in [0.15, 0.2) is 0 Å². The van der Waals surface area contributed by atoms with Crippen LogP contribution in [0.4, 0.5) is 0 Å². The van der Waals surface area contributed by atoms with Gasteiger partial charge in [0.2, 0.25) is 0 Å². The van der Waals surface area contributed by atoms with Crippen LogP contribution in [-0.4, -0.2) is 58.5 Å². The summed E-state index contributed by atoms with van der Waals surface area (Å²) in [5, 5.41) is 10.9. The lowest BCUT2D eigenvalue weighted by Gasteiger charge is -2.28. The van der Waals surface area contributed by atoms with Crippen LogP contribution in [0, 0.1) is 0 Å². The monoisotopic (exact) mass is 323 g/mol. The fourth-order valence-electron chi connectivity index (χ4n) is 2.68. The molecule has 1 atom stereocenters. The van der Waals surface area contributed by atoms with Gasteiger partial charge in [-0.3, -0.25) is 14.3 Å². The molecule has 1 saturated heterocycles. The summed E-state index contributed by atoms with van der Waals surface area (Å²) in [5.74, 6) is 0. The molecule has 3 heterocycles. The minimum Gasteiger partial charge on any atom is -0.390 e. The van der Waals surface area contributed by atoms with Gasteiger partial charge in [0.05, 0.1) is 37.6 Å². The van der Waals surface area contributed by atoms with Crippen molar-refractivity contribution in [1.82, 2.24) is 14.5 Å². The topological polar surface area (TPSA) is 67.6 Å². The molecule has 0 amide bonds. The summed E-state index contributed by atoms with van der Waals surface area (Å²) in [6, 6.07) is 1.92. The second-order valence-electron chi connectivity index (χ2n) is 5.55. The van der Waals surface area contributed by atoms with E-state index in [1.807, 2.05) is 6.07 Å². The van der Waals surface area contributed by atoms with E-state index in [-0.39, 0.29) is 12.1 Å². The van der Waals surface area contributed by atoms with Gasteiger partial charge in [-0.15, -0.1) is 11.3 Å². The lowest BCUT2D eigenvalue weighted by molar-refractivity contribution is 0.0113. The number of hydrogen-bond donors (Lipinski definition) is 1. The van der Waals surface area contributed by atoms with Crippen LogP contribution in [0.5, 0.6) is 0 Å². The first-order valence-corrected chi connectivity index (χ1v) is 8.45. The molecule has 1 fully saturated rings. The summed E-state index contributed by atoms with van der Waals surface area (Å²) in [6.07, 6.45) is 1.86. The summed E-state index contributed by atoms with van der Waals surface area (Å²) >= 11 is 1.56. The molecule has 0 radical (unpaired) electrons. The van der Waals surface area contributed by atoms with E-state index in [1.54, 1.807) is 17.7 Å². The molecule has 120 valence electrons. The van der Waals surface area contributed by atoms with Crippen molar-refractivity contribution in [3.05, 3.63) is 27.6 Å². The zero-order chi connectivity index (χ0) is 15.5. The SMILES string of the molecule is CCc1cc2c(=O)n(C[C@@H](O)CN3CCOCC3)cnc2s1. The second-order valence-corrected chi connectivity index (χ2v) is 6.67. The maximum absolute atomic E-state index is 12.5. The molecule has 0 aliphatic carbocycles. The molecule has 1 aliphatic rings. The van der Waals surface area contributed by atoms with Crippen molar-refractivity contribution in [2.75, 3.05) is 32.8 Å². The van der Waals surface area contributed by atoms with E-state index < -0.39 is 6.10 Å². The summed E-state index contributed by atoms with van der Waals surface area (Å²) in [6.45, 7) is 5.95. The first kappa shape index (κ1) is 15.6. The van der Waals surface area contributed by atoms with Crippen LogP contribution in [0.25, 0.3) is 10.2 Å². The van der Waals surface area contributed by atoms with E-state index in [9.17, 15) is 9.90 Å². The average Bonchev–Trinajstić information content (AvgIpc) is 2.95. The van der Waals surface area contributed by atoms with Crippen molar-refractivity contribution in [3.8, 4) is 0 Å². The van der Waals surface area contributed by atoms with Crippen LogP contribution in [0.15, 0.2) is 17.2 Å². The van der Waals surface area contributed by atoms with E-state index in [4.69, 9.17) is 4.74 Å². The molecule has 3 rings (SSSR count). The summed E-state index contributed by atoms with van der Waals surface area (Å²) < 4.78 is 6.81.